The molecule has 0 aliphatic heterocycles. The molecule has 0 unspecified atom stereocenters. The molecule has 22 heavy (non-hydrogen) atoms. The van der Waals surface area contributed by atoms with Crippen LogP contribution in [0.3, 0.4) is 0 Å². The standard InChI is InChI=1S/C13H14N4O.C4H10/c14-12(15)9-1-3-10(4-2-9)13(18)17-11-5-7-16-8-6-11;1-4(2)3/h1-8,12H,14-15H2,(H,16,17,18);4H,1-3H3. The number of aromatic nitrogens is 1. The Balaban J connectivity index is 0.000000541. The zero-order valence-corrected chi connectivity index (χ0v) is 13.3. The van der Waals surface area contributed by atoms with Crippen LogP contribution in [0.15, 0.2) is 48.8 Å². The van der Waals surface area contributed by atoms with Gasteiger partial charge in [0.15, 0.2) is 0 Å². The molecule has 0 saturated heterocycles. The first kappa shape index (κ1) is 17.8. The molecule has 0 bridgehead atoms. The molecule has 1 aromatic carbocycles. The predicted molar refractivity (Wildman–Crippen MR) is 90.3 cm³/mol. The van der Waals surface area contributed by atoms with E-state index in [-0.39, 0.29) is 5.91 Å². The average Bonchev–Trinajstić information content (AvgIpc) is 2.48. The van der Waals surface area contributed by atoms with Gasteiger partial charge in [-0.15, -0.1) is 0 Å². The average molecular weight is 300 g/mol. The molecule has 5 heteroatoms. The number of anilines is 1. The third-order valence-corrected chi connectivity index (χ3v) is 2.50. The molecular weight excluding hydrogens is 276 g/mol. The van der Waals surface area contributed by atoms with Gasteiger partial charge in [-0.3, -0.25) is 9.78 Å². The predicted octanol–water partition coefficient (Wildman–Crippen LogP) is 2.91. The Bertz CT molecular complexity index is 562. The van der Waals surface area contributed by atoms with Crippen molar-refractivity contribution in [3.63, 3.8) is 0 Å². The van der Waals surface area contributed by atoms with Gasteiger partial charge >= 0.3 is 0 Å². The highest BCUT2D eigenvalue weighted by molar-refractivity contribution is 6.04. The minimum absolute atomic E-state index is 0.182. The van der Waals surface area contributed by atoms with E-state index in [9.17, 15) is 4.79 Å². The van der Waals surface area contributed by atoms with Gasteiger partial charge in [0.25, 0.3) is 5.91 Å². The smallest absolute Gasteiger partial charge is 0.255 e. The molecule has 1 amide bonds. The van der Waals surface area contributed by atoms with Crippen LogP contribution in [0.2, 0.25) is 0 Å². The van der Waals surface area contributed by atoms with E-state index in [1.807, 2.05) is 0 Å². The molecule has 1 heterocycles. The Morgan fingerprint density at radius 2 is 1.50 bits per heavy atom. The summed E-state index contributed by atoms with van der Waals surface area (Å²) in [6, 6.07) is 10.3. The fourth-order valence-electron chi connectivity index (χ4n) is 1.50. The van der Waals surface area contributed by atoms with Crippen molar-refractivity contribution < 1.29 is 4.79 Å². The number of nitrogens with one attached hydrogen (secondary N) is 1. The van der Waals surface area contributed by atoms with Gasteiger partial charge in [-0.05, 0) is 35.7 Å². The SMILES string of the molecule is CC(C)C.NC(N)c1ccc(C(=O)Nc2ccncc2)cc1. The van der Waals surface area contributed by atoms with E-state index >= 15 is 0 Å². The van der Waals surface area contributed by atoms with Crippen LogP contribution in [0.25, 0.3) is 0 Å². The van der Waals surface area contributed by atoms with Crippen LogP contribution in [-0.2, 0) is 0 Å². The highest BCUT2D eigenvalue weighted by atomic mass is 16.1. The van der Waals surface area contributed by atoms with Gasteiger partial charge in [-0.25, -0.2) is 0 Å². The van der Waals surface area contributed by atoms with Crippen molar-refractivity contribution in [2.24, 2.45) is 17.4 Å². The summed E-state index contributed by atoms with van der Waals surface area (Å²) in [5, 5.41) is 2.77. The quantitative estimate of drug-likeness (QED) is 0.760. The topological polar surface area (TPSA) is 94.0 Å². The first-order chi connectivity index (χ1) is 10.4. The molecule has 2 aromatic rings. The van der Waals surface area contributed by atoms with E-state index in [0.717, 1.165) is 11.5 Å². The molecule has 0 spiro atoms. The zero-order chi connectivity index (χ0) is 16.5. The maximum Gasteiger partial charge on any atom is 0.255 e. The van der Waals surface area contributed by atoms with Crippen molar-refractivity contribution in [3.8, 4) is 0 Å². The number of hydrogen-bond donors (Lipinski definition) is 3. The fourth-order valence-corrected chi connectivity index (χ4v) is 1.50. The lowest BCUT2D eigenvalue weighted by atomic mass is 10.1. The number of carbonyl (C=O) groups is 1. The maximum absolute atomic E-state index is 11.9. The van der Waals surface area contributed by atoms with Gasteiger partial charge in [0.05, 0.1) is 6.17 Å². The van der Waals surface area contributed by atoms with Gasteiger partial charge < -0.3 is 16.8 Å². The second-order valence-corrected chi connectivity index (χ2v) is 5.57. The Hall–Kier alpha value is -2.24. The monoisotopic (exact) mass is 300 g/mol. The molecule has 0 fully saturated rings. The molecular formula is C17H24N4O. The first-order valence-corrected chi connectivity index (χ1v) is 7.22. The first-order valence-electron chi connectivity index (χ1n) is 7.22. The van der Waals surface area contributed by atoms with Crippen molar-refractivity contribution in [1.82, 2.24) is 4.98 Å². The molecule has 0 radical (unpaired) electrons. The highest BCUT2D eigenvalue weighted by Gasteiger charge is 2.06. The van der Waals surface area contributed by atoms with Crippen LogP contribution in [0.5, 0.6) is 0 Å². The summed E-state index contributed by atoms with van der Waals surface area (Å²) in [4.78, 5) is 15.8. The highest BCUT2D eigenvalue weighted by Crippen LogP contribution is 2.10. The van der Waals surface area contributed by atoms with Crippen molar-refractivity contribution in [1.29, 1.82) is 0 Å². The van der Waals surface area contributed by atoms with Crippen LogP contribution in [0.1, 0.15) is 42.9 Å². The molecule has 5 nitrogen and oxygen atoms in total. The van der Waals surface area contributed by atoms with Crippen molar-refractivity contribution in [3.05, 3.63) is 59.9 Å². The van der Waals surface area contributed by atoms with Gasteiger partial charge in [0.1, 0.15) is 0 Å². The number of rotatable bonds is 3. The Morgan fingerprint density at radius 1 is 1.00 bits per heavy atom. The number of hydrogen-bond acceptors (Lipinski definition) is 4. The normalized spacial score (nSPS) is 10.1. The van der Waals surface area contributed by atoms with Crippen molar-refractivity contribution >= 4 is 11.6 Å². The minimum Gasteiger partial charge on any atom is -0.322 e. The fraction of sp³-hybridized carbons (Fsp3) is 0.294. The van der Waals surface area contributed by atoms with Crippen LogP contribution < -0.4 is 16.8 Å². The number of carbonyl (C=O) groups excluding carboxylic acids is 1. The third kappa shape index (κ3) is 6.47. The molecule has 0 saturated carbocycles. The number of benzene rings is 1. The van der Waals surface area contributed by atoms with Gasteiger partial charge in [0.2, 0.25) is 0 Å². The van der Waals surface area contributed by atoms with Gasteiger partial charge in [0, 0.05) is 23.6 Å². The van der Waals surface area contributed by atoms with Crippen LogP contribution >= 0.6 is 0 Å². The van der Waals surface area contributed by atoms with Crippen molar-refractivity contribution in [2.45, 2.75) is 26.9 Å². The number of nitrogens with two attached hydrogens (primary N) is 2. The molecule has 0 atom stereocenters. The molecule has 118 valence electrons. The summed E-state index contributed by atoms with van der Waals surface area (Å²) in [5.41, 5.74) is 13.1. The summed E-state index contributed by atoms with van der Waals surface area (Å²) < 4.78 is 0. The molecule has 5 N–H and O–H groups in total. The van der Waals surface area contributed by atoms with E-state index in [0.29, 0.717) is 11.3 Å². The summed E-state index contributed by atoms with van der Waals surface area (Å²) in [6.07, 6.45) is 2.71. The van der Waals surface area contributed by atoms with Crippen LogP contribution in [0, 0.1) is 5.92 Å². The largest absolute Gasteiger partial charge is 0.322 e. The van der Waals surface area contributed by atoms with Gasteiger partial charge in [-0.1, -0.05) is 32.9 Å². The van der Waals surface area contributed by atoms with Crippen LogP contribution in [-0.4, -0.2) is 10.9 Å². The summed E-state index contributed by atoms with van der Waals surface area (Å²) in [7, 11) is 0. The molecule has 0 aliphatic rings. The van der Waals surface area contributed by atoms with Gasteiger partial charge in [-0.2, -0.15) is 0 Å². The molecule has 1 aromatic heterocycles. The van der Waals surface area contributed by atoms with E-state index in [4.69, 9.17) is 11.5 Å². The maximum atomic E-state index is 11.9. The second kappa shape index (κ2) is 8.92. The Morgan fingerprint density at radius 3 is 1.95 bits per heavy atom. The summed E-state index contributed by atoms with van der Waals surface area (Å²) in [5.74, 6) is 0.651. The second-order valence-electron chi connectivity index (χ2n) is 5.57. The number of pyridine rings is 1. The van der Waals surface area contributed by atoms with E-state index in [2.05, 4.69) is 31.1 Å². The lowest BCUT2D eigenvalue weighted by Gasteiger charge is -2.07. The summed E-state index contributed by atoms with van der Waals surface area (Å²) >= 11 is 0. The Kier molecular flexibility index (Phi) is 7.22. The Labute approximate surface area is 131 Å². The lowest BCUT2D eigenvalue weighted by Crippen LogP contribution is -2.20. The van der Waals surface area contributed by atoms with E-state index < -0.39 is 6.17 Å². The minimum atomic E-state index is -0.526. The zero-order valence-electron chi connectivity index (χ0n) is 13.3. The number of amides is 1. The molecule has 2 rings (SSSR count). The van der Waals surface area contributed by atoms with Crippen LogP contribution in [0.4, 0.5) is 5.69 Å². The lowest BCUT2D eigenvalue weighted by molar-refractivity contribution is 0.102. The van der Waals surface area contributed by atoms with E-state index in [1.165, 1.54) is 0 Å². The number of nitrogens with zero attached hydrogens (tertiary/aromatic N) is 1. The summed E-state index contributed by atoms with van der Waals surface area (Å²) in [6.45, 7) is 6.50. The molecule has 0 aliphatic carbocycles. The van der Waals surface area contributed by atoms with E-state index in [1.54, 1.807) is 48.8 Å². The van der Waals surface area contributed by atoms with Crippen molar-refractivity contribution in [2.75, 3.05) is 5.32 Å². The third-order valence-electron chi connectivity index (χ3n) is 2.50.